The fraction of sp³-hybridized carbons (Fsp3) is 0.286. The van der Waals surface area contributed by atoms with Crippen molar-refractivity contribution in [1.82, 2.24) is 5.43 Å². The highest BCUT2D eigenvalue weighted by molar-refractivity contribution is 7.98. The molecule has 4 nitrogen and oxygen atoms in total. The SMILES string of the molecule is COc1ccc(C=CC2=NNC(=O)CC2)c(SC)c1. The molecule has 1 aliphatic rings. The number of nitrogens with zero attached hydrogens (tertiary/aromatic N) is 1. The Kier molecular flexibility index (Phi) is 4.63. The van der Waals surface area contributed by atoms with Crippen LogP contribution in [0.4, 0.5) is 0 Å². The Hall–Kier alpha value is -1.75. The molecule has 0 bridgehead atoms. The molecule has 1 amide bonds. The minimum absolute atomic E-state index is 0.0219. The molecule has 0 fully saturated rings. The maximum absolute atomic E-state index is 11.0. The fourth-order valence-corrected chi connectivity index (χ4v) is 2.36. The van der Waals surface area contributed by atoms with Gasteiger partial charge >= 0.3 is 0 Å². The summed E-state index contributed by atoms with van der Waals surface area (Å²) in [5.41, 5.74) is 4.50. The van der Waals surface area contributed by atoms with Crippen molar-refractivity contribution in [3.05, 3.63) is 29.8 Å². The first-order valence-corrected chi connectivity index (χ1v) is 7.21. The van der Waals surface area contributed by atoms with Gasteiger partial charge in [0.2, 0.25) is 5.91 Å². The second-order valence-electron chi connectivity index (χ2n) is 4.08. The first kappa shape index (κ1) is 13.7. The highest BCUT2D eigenvalue weighted by atomic mass is 32.2. The topological polar surface area (TPSA) is 50.7 Å². The van der Waals surface area contributed by atoms with Crippen molar-refractivity contribution in [2.75, 3.05) is 13.4 Å². The van der Waals surface area contributed by atoms with E-state index < -0.39 is 0 Å². The Morgan fingerprint density at radius 2 is 2.21 bits per heavy atom. The molecule has 0 radical (unpaired) electrons. The number of rotatable bonds is 4. The highest BCUT2D eigenvalue weighted by Gasteiger charge is 2.09. The summed E-state index contributed by atoms with van der Waals surface area (Å²) in [6.07, 6.45) is 7.18. The molecule has 0 aromatic heterocycles. The number of hydrazone groups is 1. The lowest BCUT2D eigenvalue weighted by Crippen LogP contribution is -2.24. The smallest absolute Gasteiger partial charge is 0.240 e. The van der Waals surface area contributed by atoms with Gasteiger partial charge in [-0.15, -0.1) is 11.8 Å². The largest absolute Gasteiger partial charge is 0.497 e. The summed E-state index contributed by atoms with van der Waals surface area (Å²) in [5, 5.41) is 4.01. The Balaban J connectivity index is 2.16. The third kappa shape index (κ3) is 3.61. The zero-order valence-corrected chi connectivity index (χ0v) is 11.8. The number of hydrogen-bond donors (Lipinski definition) is 1. The third-order valence-electron chi connectivity index (χ3n) is 2.83. The lowest BCUT2D eigenvalue weighted by Gasteiger charge is -2.09. The van der Waals surface area contributed by atoms with E-state index >= 15 is 0 Å². The Labute approximate surface area is 116 Å². The number of thioether (sulfide) groups is 1. The van der Waals surface area contributed by atoms with Gasteiger partial charge in [0.1, 0.15) is 5.75 Å². The van der Waals surface area contributed by atoms with E-state index in [0.717, 1.165) is 21.9 Å². The maximum Gasteiger partial charge on any atom is 0.240 e. The van der Waals surface area contributed by atoms with Crippen molar-refractivity contribution in [3.8, 4) is 5.75 Å². The molecular weight excluding hydrogens is 260 g/mol. The van der Waals surface area contributed by atoms with E-state index in [9.17, 15) is 4.79 Å². The minimum atomic E-state index is -0.0219. The Morgan fingerprint density at radius 1 is 1.37 bits per heavy atom. The molecule has 1 aromatic rings. The van der Waals surface area contributed by atoms with E-state index in [1.54, 1.807) is 18.9 Å². The van der Waals surface area contributed by atoms with E-state index in [-0.39, 0.29) is 5.91 Å². The highest BCUT2D eigenvalue weighted by Crippen LogP contribution is 2.26. The van der Waals surface area contributed by atoms with Gasteiger partial charge in [0.05, 0.1) is 12.8 Å². The number of benzene rings is 1. The molecule has 1 N–H and O–H groups in total. The second-order valence-corrected chi connectivity index (χ2v) is 4.93. The molecule has 1 aromatic carbocycles. The Bertz CT molecular complexity index is 538. The predicted octanol–water partition coefficient (Wildman–Crippen LogP) is 2.70. The number of allylic oxidation sites excluding steroid dienone is 1. The summed E-state index contributed by atoms with van der Waals surface area (Å²) in [5.74, 6) is 0.829. The van der Waals surface area contributed by atoms with Crippen LogP contribution in [0.2, 0.25) is 0 Å². The first-order chi connectivity index (χ1) is 9.22. The number of hydrogen-bond acceptors (Lipinski definition) is 4. The van der Waals surface area contributed by atoms with E-state index in [0.29, 0.717) is 12.8 Å². The summed E-state index contributed by atoms with van der Waals surface area (Å²) in [4.78, 5) is 12.1. The molecule has 5 heteroatoms. The lowest BCUT2D eigenvalue weighted by molar-refractivity contribution is -0.121. The molecule has 2 rings (SSSR count). The van der Waals surface area contributed by atoms with Crippen molar-refractivity contribution in [1.29, 1.82) is 0 Å². The quantitative estimate of drug-likeness (QED) is 0.860. The average Bonchev–Trinajstić information content (AvgIpc) is 2.46. The van der Waals surface area contributed by atoms with Crippen LogP contribution in [0, 0.1) is 0 Å². The summed E-state index contributed by atoms with van der Waals surface area (Å²) >= 11 is 1.67. The molecule has 100 valence electrons. The van der Waals surface area contributed by atoms with Gasteiger partial charge in [-0.25, -0.2) is 5.43 Å². The summed E-state index contributed by atoms with van der Waals surface area (Å²) in [6, 6.07) is 5.96. The molecular formula is C14H16N2O2S. The van der Waals surface area contributed by atoms with E-state index in [1.807, 2.05) is 36.6 Å². The normalized spacial score (nSPS) is 15.3. The van der Waals surface area contributed by atoms with Gasteiger partial charge < -0.3 is 4.74 Å². The van der Waals surface area contributed by atoms with Gasteiger partial charge in [-0.3, -0.25) is 4.79 Å². The van der Waals surface area contributed by atoms with E-state index in [4.69, 9.17) is 4.74 Å². The van der Waals surface area contributed by atoms with Crippen LogP contribution in [0.1, 0.15) is 18.4 Å². The third-order valence-corrected chi connectivity index (χ3v) is 3.62. The van der Waals surface area contributed by atoms with Gasteiger partial charge in [-0.1, -0.05) is 12.1 Å². The van der Waals surface area contributed by atoms with Gasteiger partial charge in [-0.05, 0) is 30.0 Å². The van der Waals surface area contributed by atoms with Crippen LogP contribution in [0.5, 0.6) is 5.75 Å². The van der Waals surface area contributed by atoms with Crippen LogP contribution in [0.25, 0.3) is 6.08 Å². The van der Waals surface area contributed by atoms with E-state index in [2.05, 4.69) is 10.5 Å². The average molecular weight is 276 g/mol. The van der Waals surface area contributed by atoms with Crippen LogP contribution in [0.15, 0.2) is 34.3 Å². The van der Waals surface area contributed by atoms with E-state index in [1.165, 1.54) is 0 Å². The van der Waals surface area contributed by atoms with Crippen LogP contribution in [-0.2, 0) is 4.79 Å². The first-order valence-electron chi connectivity index (χ1n) is 5.98. The standard InChI is InChI=1S/C14H16N2O2S/c1-18-12-7-4-10(13(9-12)19-2)3-5-11-6-8-14(17)16-15-11/h3-5,7,9H,6,8H2,1-2H3,(H,16,17). The van der Waals surface area contributed by atoms with Gasteiger partial charge in [0.25, 0.3) is 0 Å². The van der Waals surface area contributed by atoms with Crippen molar-refractivity contribution in [3.63, 3.8) is 0 Å². The number of nitrogens with one attached hydrogen (secondary N) is 1. The van der Waals surface area contributed by atoms with Gasteiger partial charge in [0, 0.05) is 17.7 Å². The number of ether oxygens (including phenoxy) is 1. The molecule has 0 aliphatic carbocycles. The number of methoxy groups -OCH3 is 1. The van der Waals surface area contributed by atoms with Gasteiger partial charge in [-0.2, -0.15) is 5.10 Å². The molecule has 19 heavy (non-hydrogen) atoms. The van der Waals surface area contributed by atoms with Crippen molar-refractivity contribution < 1.29 is 9.53 Å². The molecule has 0 saturated heterocycles. The zero-order chi connectivity index (χ0) is 13.7. The molecule has 0 spiro atoms. The summed E-state index contributed by atoms with van der Waals surface area (Å²) in [6.45, 7) is 0. The fourth-order valence-electron chi connectivity index (χ4n) is 1.75. The molecule has 1 aliphatic heterocycles. The number of carbonyl (C=O) groups is 1. The Morgan fingerprint density at radius 3 is 2.84 bits per heavy atom. The van der Waals surface area contributed by atoms with Gasteiger partial charge in [0.15, 0.2) is 0 Å². The summed E-state index contributed by atoms with van der Waals surface area (Å²) in [7, 11) is 1.66. The van der Waals surface area contributed by atoms with Crippen LogP contribution in [0.3, 0.4) is 0 Å². The predicted molar refractivity (Wildman–Crippen MR) is 78.6 cm³/mol. The lowest BCUT2D eigenvalue weighted by atomic mass is 10.1. The van der Waals surface area contributed by atoms with Crippen molar-refractivity contribution in [2.45, 2.75) is 17.7 Å². The molecule has 0 atom stereocenters. The number of carbonyl (C=O) groups excluding carboxylic acids is 1. The summed E-state index contributed by atoms with van der Waals surface area (Å²) < 4.78 is 5.21. The second kappa shape index (κ2) is 6.43. The maximum atomic E-state index is 11.0. The van der Waals surface area contributed by atoms with Crippen LogP contribution < -0.4 is 10.2 Å². The molecule has 0 unspecified atom stereocenters. The monoisotopic (exact) mass is 276 g/mol. The molecule has 0 saturated carbocycles. The molecule has 1 heterocycles. The van der Waals surface area contributed by atoms with Crippen LogP contribution >= 0.6 is 11.8 Å². The zero-order valence-electron chi connectivity index (χ0n) is 11.0. The number of amides is 1. The van der Waals surface area contributed by atoms with Crippen molar-refractivity contribution >= 4 is 29.5 Å². The minimum Gasteiger partial charge on any atom is -0.497 e. The van der Waals surface area contributed by atoms with Crippen LogP contribution in [-0.4, -0.2) is 25.0 Å². The van der Waals surface area contributed by atoms with Crippen molar-refractivity contribution in [2.24, 2.45) is 5.10 Å².